The van der Waals surface area contributed by atoms with E-state index < -0.39 is 6.10 Å². The van der Waals surface area contributed by atoms with Crippen LogP contribution in [-0.2, 0) is 28.6 Å². The first-order chi connectivity index (χ1) is 38.0. The molecule has 77 heavy (non-hydrogen) atoms. The summed E-state index contributed by atoms with van der Waals surface area (Å²) in [6.45, 7) is 6.60. The standard InChI is InChI=1S/C71H130O6/c1-4-7-10-13-16-19-22-25-28-31-33-34-35-36-37-38-39-41-43-46-49-52-55-58-61-64-70(73)76-67-68(66-75-69(72)63-60-57-54-51-48-45-42-30-27-24-21-18-15-12-9-6-3)77-71(74)65-62-59-56-53-50-47-44-40-32-29-26-23-20-17-14-11-8-5-2/h7,10,16,19,25,28,33-34,68H,4-6,8-9,11-15,17-18,20-24,26-27,29-32,35-67H2,1-3H3/b10-7-,19-16-,28-25-,34-33-. The fourth-order valence-electron chi connectivity index (χ4n) is 10.3. The van der Waals surface area contributed by atoms with Crippen LogP contribution in [0.5, 0.6) is 0 Å². The van der Waals surface area contributed by atoms with E-state index in [2.05, 4.69) is 69.4 Å². The Hall–Kier alpha value is -2.63. The number of carbonyl (C=O) groups is 3. The van der Waals surface area contributed by atoms with Crippen molar-refractivity contribution in [2.24, 2.45) is 0 Å². The molecular formula is C71H130O6. The van der Waals surface area contributed by atoms with E-state index in [1.165, 1.54) is 244 Å². The van der Waals surface area contributed by atoms with Crippen LogP contribution in [0, 0.1) is 0 Å². The number of allylic oxidation sites excluding steroid dienone is 8. The summed E-state index contributed by atoms with van der Waals surface area (Å²) in [5.41, 5.74) is 0. The van der Waals surface area contributed by atoms with Crippen LogP contribution < -0.4 is 0 Å². The van der Waals surface area contributed by atoms with Crippen molar-refractivity contribution in [3.05, 3.63) is 48.6 Å². The summed E-state index contributed by atoms with van der Waals surface area (Å²) >= 11 is 0. The molecule has 1 atom stereocenters. The smallest absolute Gasteiger partial charge is 0.306 e. The summed E-state index contributed by atoms with van der Waals surface area (Å²) in [6.07, 6.45) is 82.7. The van der Waals surface area contributed by atoms with Gasteiger partial charge in [0.15, 0.2) is 6.10 Å². The molecule has 0 aliphatic carbocycles. The molecule has 0 aromatic carbocycles. The average Bonchev–Trinajstić information content (AvgIpc) is 3.43. The maximum atomic E-state index is 12.9. The predicted octanol–water partition coefficient (Wildman–Crippen LogP) is 23.3. The van der Waals surface area contributed by atoms with Crippen molar-refractivity contribution < 1.29 is 28.6 Å². The Morgan fingerprint density at radius 1 is 0.273 bits per heavy atom. The van der Waals surface area contributed by atoms with E-state index in [4.69, 9.17) is 14.2 Å². The molecule has 0 amide bonds. The van der Waals surface area contributed by atoms with Gasteiger partial charge in [-0.25, -0.2) is 0 Å². The van der Waals surface area contributed by atoms with Crippen molar-refractivity contribution in [2.75, 3.05) is 13.2 Å². The van der Waals surface area contributed by atoms with Gasteiger partial charge in [0.05, 0.1) is 0 Å². The summed E-state index contributed by atoms with van der Waals surface area (Å²) in [6, 6.07) is 0. The lowest BCUT2D eigenvalue weighted by Crippen LogP contribution is -2.30. The molecule has 450 valence electrons. The summed E-state index contributed by atoms with van der Waals surface area (Å²) in [5.74, 6) is -0.840. The molecule has 1 unspecified atom stereocenters. The van der Waals surface area contributed by atoms with Crippen molar-refractivity contribution >= 4 is 17.9 Å². The summed E-state index contributed by atoms with van der Waals surface area (Å²) in [5, 5.41) is 0. The number of hydrogen-bond donors (Lipinski definition) is 0. The average molecular weight is 1080 g/mol. The Balaban J connectivity index is 4.28. The monoisotopic (exact) mass is 1080 g/mol. The highest BCUT2D eigenvalue weighted by Gasteiger charge is 2.19. The summed E-state index contributed by atoms with van der Waals surface area (Å²) in [7, 11) is 0. The van der Waals surface area contributed by atoms with Crippen LogP contribution in [0.15, 0.2) is 48.6 Å². The lowest BCUT2D eigenvalue weighted by molar-refractivity contribution is -0.167. The molecule has 0 rings (SSSR count). The van der Waals surface area contributed by atoms with Gasteiger partial charge in [0.25, 0.3) is 0 Å². The van der Waals surface area contributed by atoms with Gasteiger partial charge >= 0.3 is 17.9 Å². The van der Waals surface area contributed by atoms with Gasteiger partial charge in [-0.3, -0.25) is 14.4 Å². The fourth-order valence-corrected chi connectivity index (χ4v) is 10.3. The SMILES string of the molecule is CC/C=C\C/C=C\C/C=C\C/C=C\CCCCCCCCCCCCCCC(=O)OCC(COC(=O)CCCCCCCCCCCCCCCCCC)OC(=O)CCCCCCCCCCCCCCCCCCCC. The van der Waals surface area contributed by atoms with E-state index in [0.717, 1.165) is 83.5 Å². The third-order valence-corrected chi connectivity index (χ3v) is 15.3. The Morgan fingerprint density at radius 2 is 0.506 bits per heavy atom. The Bertz CT molecular complexity index is 1330. The third kappa shape index (κ3) is 64.1. The molecule has 0 aromatic rings. The molecule has 0 saturated heterocycles. The van der Waals surface area contributed by atoms with Gasteiger partial charge < -0.3 is 14.2 Å². The zero-order chi connectivity index (χ0) is 55.7. The Labute approximate surface area is 479 Å². The number of unbranched alkanes of at least 4 members (excludes halogenated alkanes) is 44. The highest BCUT2D eigenvalue weighted by Crippen LogP contribution is 2.18. The Morgan fingerprint density at radius 3 is 0.792 bits per heavy atom. The number of carbonyl (C=O) groups excluding carboxylic acids is 3. The second-order valence-electron chi connectivity index (χ2n) is 23.1. The fraction of sp³-hybridized carbons (Fsp3) is 0.845. The van der Waals surface area contributed by atoms with E-state index in [0.29, 0.717) is 19.3 Å². The molecule has 0 N–H and O–H groups in total. The van der Waals surface area contributed by atoms with Crippen LogP contribution in [0.1, 0.15) is 367 Å². The summed E-state index contributed by atoms with van der Waals surface area (Å²) in [4.78, 5) is 38.4. The molecule has 0 heterocycles. The molecule has 0 bridgehead atoms. The molecule has 0 saturated carbocycles. The van der Waals surface area contributed by atoms with E-state index in [1.54, 1.807) is 0 Å². The van der Waals surface area contributed by atoms with Crippen molar-refractivity contribution in [1.29, 1.82) is 0 Å². The van der Waals surface area contributed by atoms with Gasteiger partial charge in [-0.05, 0) is 57.8 Å². The van der Waals surface area contributed by atoms with Crippen LogP contribution in [0.2, 0.25) is 0 Å². The predicted molar refractivity (Wildman–Crippen MR) is 335 cm³/mol. The molecule has 6 heteroatoms. The van der Waals surface area contributed by atoms with E-state index in [-0.39, 0.29) is 31.1 Å². The summed E-state index contributed by atoms with van der Waals surface area (Å²) < 4.78 is 17.0. The van der Waals surface area contributed by atoms with Gasteiger partial charge in [0.2, 0.25) is 0 Å². The Kier molecular flexibility index (Phi) is 63.6. The van der Waals surface area contributed by atoms with Crippen molar-refractivity contribution in [2.45, 2.75) is 374 Å². The van der Waals surface area contributed by atoms with Gasteiger partial charge in [0, 0.05) is 19.3 Å². The first kappa shape index (κ1) is 74.4. The number of rotatable bonds is 63. The highest BCUT2D eigenvalue weighted by atomic mass is 16.6. The minimum atomic E-state index is -0.771. The number of hydrogen-bond acceptors (Lipinski definition) is 6. The molecule has 0 fully saturated rings. The largest absolute Gasteiger partial charge is 0.462 e. The maximum absolute atomic E-state index is 12.9. The van der Waals surface area contributed by atoms with Crippen LogP contribution in [0.4, 0.5) is 0 Å². The molecular weight excluding hydrogens is 949 g/mol. The van der Waals surface area contributed by atoms with Crippen molar-refractivity contribution in [3.8, 4) is 0 Å². The van der Waals surface area contributed by atoms with Crippen molar-refractivity contribution in [3.63, 3.8) is 0 Å². The number of esters is 3. The molecule has 0 aromatic heterocycles. The minimum Gasteiger partial charge on any atom is -0.462 e. The van der Waals surface area contributed by atoms with Gasteiger partial charge in [-0.1, -0.05) is 339 Å². The quantitative estimate of drug-likeness (QED) is 0.0261. The molecule has 0 radical (unpaired) electrons. The van der Waals surface area contributed by atoms with Crippen LogP contribution >= 0.6 is 0 Å². The van der Waals surface area contributed by atoms with Crippen LogP contribution in [-0.4, -0.2) is 37.2 Å². The van der Waals surface area contributed by atoms with Gasteiger partial charge in [-0.15, -0.1) is 0 Å². The van der Waals surface area contributed by atoms with Crippen LogP contribution in [0.3, 0.4) is 0 Å². The minimum absolute atomic E-state index is 0.0669. The molecule has 0 aliphatic heterocycles. The normalized spacial score (nSPS) is 12.3. The lowest BCUT2D eigenvalue weighted by atomic mass is 10.0. The zero-order valence-corrected chi connectivity index (χ0v) is 51.7. The van der Waals surface area contributed by atoms with Gasteiger partial charge in [0.1, 0.15) is 13.2 Å². The molecule has 6 nitrogen and oxygen atoms in total. The van der Waals surface area contributed by atoms with Crippen molar-refractivity contribution in [1.82, 2.24) is 0 Å². The molecule has 0 aliphatic rings. The van der Waals surface area contributed by atoms with Gasteiger partial charge in [-0.2, -0.15) is 0 Å². The van der Waals surface area contributed by atoms with Crippen LogP contribution in [0.25, 0.3) is 0 Å². The third-order valence-electron chi connectivity index (χ3n) is 15.3. The van der Waals surface area contributed by atoms with E-state index >= 15 is 0 Å². The first-order valence-electron chi connectivity index (χ1n) is 34.1. The lowest BCUT2D eigenvalue weighted by Gasteiger charge is -2.18. The highest BCUT2D eigenvalue weighted by molar-refractivity contribution is 5.71. The maximum Gasteiger partial charge on any atom is 0.306 e. The van der Waals surface area contributed by atoms with E-state index in [9.17, 15) is 14.4 Å². The molecule has 0 spiro atoms. The zero-order valence-electron chi connectivity index (χ0n) is 51.7. The second kappa shape index (κ2) is 65.9. The topological polar surface area (TPSA) is 78.9 Å². The second-order valence-corrected chi connectivity index (χ2v) is 23.1. The van der Waals surface area contributed by atoms with E-state index in [1.807, 2.05) is 0 Å². The first-order valence-corrected chi connectivity index (χ1v) is 34.1. The number of ether oxygens (including phenoxy) is 3.